The Balaban J connectivity index is 0.00000288. The maximum Gasteiger partial charge on any atom is 0.414 e. The minimum absolute atomic E-state index is 0. The smallest absolute Gasteiger partial charge is 0.414 e. The first-order valence-electron chi connectivity index (χ1n) is 6.81. The van der Waals surface area contributed by atoms with Gasteiger partial charge < -0.3 is 14.9 Å². The highest BCUT2D eigenvalue weighted by atomic mass is 35.5. The van der Waals surface area contributed by atoms with Gasteiger partial charge in [0.05, 0.1) is 37.5 Å². The number of halogens is 2. The molecule has 24 heavy (non-hydrogen) atoms. The molecule has 9 heteroatoms. The molecule has 1 amide bonds. The van der Waals surface area contributed by atoms with Crippen LogP contribution in [0.3, 0.4) is 0 Å². The van der Waals surface area contributed by atoms with Crippen molar-refractivity contribution in [2.24, 2.45) is 0 Å². The van der Waals surface area contributed by atoms with Gasteiger partial charge in [0, 0.05) is 0 Å². The van der Waals surface area contributed by atoms with Gasteiger partial charge in [-0.1, -0.05) is 11.8 Å². The quantitative estimate of drug-likeness (QED) is 0.526. The first-order valence-corrected chi connectivity index (χ1v) is 6.81. The molecule has 0 saturated carbocycles. The number of anilines is 1. The lowest BCUT2D eigenvalue weighted by Crippen LogP contribution is -2.25. The number of cyclic esters (lactones) is 1. The van der Waals surface area contributed by atoms with Crippen LogP contribution in [0.5, 0.6) is 0 Å². The highest BCUT2D eigenvalue weighted by Gasteiger charge is 2.32. The van der Waals surface area contributed by atoms with Gasteiger partial charge in [-0.25, -0.2) is 9.18 Å². The molecule has 7 nitrogen and oxygen atoms in total. The molecule has 1 aliphatic rings. The summed E-state index contributed by atoms with van der Waals surface area (Å²) < 4.78 is 18.9. The molecular weight excluding hydrogens is 343 g/mol. The van der Waals surface area contributed by atoms with Crippen LogP contribution in [0.1, 0.15) is 5.56 Å². The molecule has 1 aliphatic heterocycles. The van der Waals surface area contributed by atoms with E-state index >= 15 is 0 Å². The molecule has 1 aromatic rings. The summed E-state index contributed by atoms with van der Waals surface area (Å²) in [5.74, 6) is 3.59. The molecule has 1 saturated heterocycles. The number of carbonyl (C=O) groups excluding carboxylic acids is 1. The molecule has 0 radical (unpaired) electrons. The number of carbonyl (C=O) groups is 2. The lowest BCUT2D eigenvalue weighted by Gasteiger charge is -2.13. The number of carboxylic acids is 1. The third-order valence-corrected chi connectivity index (χ3v) is 3.05. The fourth-order valence-corrected chi connectivity index (χ4v) is 1.97. The molecule has 1 aromatic carbocycles. The van der Waals surface area contributed by atoms with Crippen LogP contribution in [-0.2, 0) is 9.53 Å². The van der Waals surface area contributed by atoms with Gasteiger partial charge in [0.2, 0.25) is 0 Å². The summed E-state index contributed by atoms with van der Waals surface area (Å²) in [6.45, 7) is -0.250. The third kappa shape index (κ3) is 5.09. The van der Waals surface area contributed by atoms with E-state index in [0.717, 1.165) is 6.07 Å². The highest BCUT2D eigenvalue weighted by molar-refractivity contribution is 5.89. The van der Waals surface area contributed by atoms with Crippen LogP contribution in [0.25, 0.3) is 0 Å². The third-order valence-electron chi connectivity index (χ3n) is 3.05. The summed E-state index contributed by atoms with van der Waals surface area (Å²) in [5, 5.41) is 20.0. The standard InChI is InChI=1S/C15H15FN2O5.ClH/c16-13-6-11(18-8-12(9-19)23-15(18)22)4-3-10(13)2-1-5-17-7-14(20)21;/h3-4,6,12,17,19H,5,7-9H2,(H,20,21);1H/t12-;/m1./s1. The van der Waals surface area contributed by atoms with Gasteiger partial charge in [0.25, 0.3) is 0 Å². The largest absolute Gasteiger partial charge is 0.480 e. The molecule has 2 rings (SSSR count). The van der Waals surface area contributed by atoms with E-state index in [-0.39, 0.29) is 44.2 Å². The number of carboxylic acid groups (broad SMARTS) is 1. The number of benzene rings is 1. The topological polar surface area (TPSA) is 99.1 Å². The molecular formula is C15H16ClFN2O5. The number of nitrogens with zero attached hydrogens (tertiary/aromatic N) is 1. The van der Waals surface area contributed by atoms with E-state index in [1.165, 1.54) is 17.0 Å². The van der Waals surface area contributed by atoms with Gasteiger partial charge in [-0.05, 0) is 18.2 Å². The Bertz CT molecular complexity index is 674. The Morgan fingerprint density at radius 2 is 2.25 bits per heavy atom. The zero-order chi connectivity index (χ0) is 16.8. The normalized spacial score (nSPS) is 16.0. The average Bonchev–Trinajstić information content (AvgIpc) is 2.89. The van der Waals surface area contributed by atoms with E-state index in [9.17, 15) is 14.0 Å². The maximum atomic E-state index is 14.0. The molecule has 3 N–H and O–H groups in total. The number of hydrogen-bond acceptors (Lipinski definition) is 5. The fraction of sp³-hybridized carbons (Fsp3) is 0.333. The Morgan fingerprint density at radius 1 is 1.50 bits per heavy atom. The zero-order valence-corrected chi connectivity index (χ0v) is 13.3. The number of aliphatic hydroxyl groups is 1. The molecule has 1 heterocycles. The number of ether oxygens (including phenoxy) is 1. The van der Waals surface area contributed by atoms with Crippen molar-refractivity contribution in [1.29, 1.82) is 0 Å². The van der Waals surface area contributed by atoms with Crippen LogP contribution in [0.15, 0.2) is 18.2 Å². The lowest BCUT2D eigenvalue weighted by molar-refractivity contribution is -0.135. The van der Waals surface area contributed by atoms with Gasteiger partial charge in [0.15, 0.2) is 0 Å². The van der Waals surface area contributed by atoms with Gasteiger partial charge >= 0.3 is 12.1 Å². The monoisotopic (exact) mass is 358 g/mol. The second-order valence-corrected chi connectivity index (χ2v) is 4.76. The zero-order valence-electron chi connectivity index (χ0n) is 12.5. The summed E-state index contributed by atoms with van der Waals surface area (Å²) in [6.07, 6.45) is -1.26. The van der Waals surface area contributed by atoms with Crippen LogP contribution in [-0.4, -0.2) is 54.6 Å². The van der Waals surface area contributed by atoms with Crippen LogP contribution >= 0.6 is 12.4 Å². The number of amides is 1. The number of nitrogens with one attached hydrogen (secondary N) is 1. The second kappa shape index (κ2) is 9.08. The van der Waals surface area contributed by atoms with Crippen LogP contribution in [0.4, 0.5) is 14.9 Å². The van der Waals surface area contributed by atoms with Crippen molar-refractivity contribution in [3.8, 4) is 11.8 Å². The molecule has 130 valence electrons. The molecule has 1 atom stereocenters. The Hall–Kier alpha value is -2.34. The van der Waals surface area contributed by atoms with Gasteiger partial charge in [0.1, 0.15) is 11.9 Å². The molecule has 0 spiro atoms. The molecule has 0 aromatic heterocycles. The van der Waals surface area contributed by atoms with Gasteiger partial charge in [-0.3, -0.25) is 15.0 Å². The van der Waals surface area contributed by atoms with E-state index in [0.29, 0.717) is 5.69 Å². The summed E-state index contributed by atoms with van der Waals surface area (Å²) >= 11 is 0. The van der Waals surface area contributed by atoms with Crippen molar-refractivity contribution in [3.63, 3.8) is 0 Å². The lowest BCUT2D eigenvalue weighted by atomic mass is 10.2. The van der Waals surface area contributed by atoms with Crippen LogP contribution in [0.2, 0.25) is 0 Å². The van der Waals surface area contributed by atoms with E-state index in [4.69, 9.17) is 14.9 Å². The SMILES string of the molecule is Cl.O=C(O)CNCC#Cc1ccc(N2C[C@H](CO)OC2=O)cc1F. The van der Waals surface area contributed by atoms with Crippen molar-refractivity contribution >= 4 is 30.2 Å². The van der Waals surface area contributed by atoms with E-state index < -0.39 is 24.0 Å². The number of hydrogen-bond donors (Lipinski definition) is 3. The number of aliphatic carboxylic acids is 1. The molecule has 0 aliphatic carbocycles. The molecule has 0 bridgehead atoms. The van der Waals surface area contributed by atoms with Crippen molar-refractivity contribution in [2.45, 2.75) is 6.10 Å². The maximum absolute atomic E-state index is 14.0. The Morgan fingerprint density at radius 3 is 2.83 bits per heavy atom. The Labute approximate surface area is 143 Å². The van der Waals surface area contributed by atoms with Crippen molar-refractivity contribution in [2.75, 3.05) is 31.1 Å². The first-order chi connectivity index (χ1) is 11.0. The van der Waals surface area contributed by atoms with Gasteiger partial charge in [-0.15, -0.1) is 12.4 Å². The second-order valence-electron chi connectivity index (χ2n) is 4.76. The van der Waals surface area contributed by atoms with E-state index in [1.807, 2.05) is 0 Å². The van der Waals surface area contributed by atoms with E-state index in [2.05, 4.69) is 17.2 Å². The first kappa shape index (κ1) is 19.7. The minimum atomic E-state index is -0.999. The summed E-state index contributed by atoms with van der Waals surface area (Å²) in [4.78, 5) is 23.1. The fourth-order valence-electron chi connectivity index (χ4n) is 1.97. The summed E-state index contributed by atoms with van der Waals surface area (Å²) in [7, 11) is 0. The molecule has 1 fully saturated rings. The van der Waals surface area contributed by atoms with Crippen molar-refractivity contribution in [1.82, 2.24) is 5.32 Å². The highest BCUT2D eigenvalue weighted by Crippen LogP contribution is 2.23. The number of rotatable bonds is 5. The van der Waals surface area contributed by atoms with Crippen molar-refractivity contribution in [3.05, 3.63) is 29.6 Å². The van der Waals surface area contributed by atoms with Crippen LogP contribution in [0, 0.1) is 17.7 Å². The van der Waals surface area contributed by atoms with Crippen LogP contribution < -0.4 is 10.2 Å². The average molecular weight is 359 g/mol. The minimum Gasteiger partial charge on any atom is -0.480 e. The van der Waals surface area contributed by atoms with Crippen molar-refractivity contribution < 1.29 is 28.9 Å². The predicted molar refractivity (Wildman–Crippen MR) is 85.7 cm³/mol. The predicted octanol–water partition coefficient (Wildman–Crippen LogP) is 0.591. The Kier molecular flexibility index (Phi) is 7.45. The molecule has 0 unspecified atom stereocenters. The van der Waals surface area contributed by atoms with Gasteiger partial charge in [-0.2, -0.15) is 0 Å². The summed E-state index contributed by atoms with van der Waals surface area (Å²) in [6, 6.07) is 4.11. The van der Waals surface area contributed by atoms with E-state index in [1.54, 1.807) is 0 Å². The summed E-state index contributed by atoms with van der Waals surface area (Å²) in [5.41, 5.74) is 0.454. The number of aliphatic hydroxyl groups excluding tert-OH is 1.